The van der Waals surface area contributed by atoms with Crippen molar-refractivity contribution in [3.8, 4) is 0 Å². The van der Waals surface area contributed by atoms with E-state index in [0.717, 1.165) is 32.0 Å². The molecule has 1 N–H and O–H groups in total. The summed E-state index contributed by atoms with van der Waals surface area (Å²) in [5.41, 5.74) is 0.523. The minimum absolute atomic E-state index is 0.0212. The van der Waals surface area contributed by atoms with E-state index in [2.05, 4.69) is 31.0 Å². The zero-order valence-electron chi connectivity index (χ0n) is 11.8. The van der Waals surface area contributed by atoms with E-state index in [4.69, 9.17) is 0 Å². The van der Waals surface area contributed by atoms with Crippen LogP contribution in [0.1, 0.15) is 33.6 Å². The van der Waals surface area contributed by atoms with Crippen LogP contribution in [-0.2, 0) is 0 Å². The molecular formula is C15H22F2N2. The summed E-state index contributed by atoms with van der Waals surface area (Å²) >= 11 is 0. The molecular weight excluding hydrogens is 246 g/mol. The molecule has 0 aliphatic carbocycles. The predicted molar refractivity (Wildman–Crippen MR) is 74.5 cm³/mol. The Morgan fingerprint density at radius 3 is 2.58 bits per heavy atom. The van der Waals surface area contributed by atoms with Crippen LogP contribution in [0.25, 0.3) is 0 Å². The lowest BCUT2D eigenvalue weighted by Crippen LogP contribution is -2.63. The number of piperazine rings is 1. The summed E-state index contributed by atoms with van der Waals surface area (Å²) in [7, 11) is 0. The van der Waals surface area contributed by atoms with Gasteiger partial charge in [-0.1, -0.05) is 13.8 Å². The molecule has 0 amide bonds. The van der Waals surface area contributed by atoms with Gasteiger partial charge in [-0.3, -0.25) is 0 Å². The van der Waals surface area contributed by atoms with E-state index in [-0.39, 0.29) is 11.6 Å². The van der Waals surface area contributed by atoms with Crippen molar-refractivity contribution >= 4 is 5.69 Å². The molecule has 1 aliphatic heterocycles. The maximum absolute atomic E-state index is 14.0. The first-order valence-electron chi connectivity index (χ1n) is 6.98. The Hall–Kier alpha value is -1.16. The molecule has 106 valence electrons. The fraction of sp³-hybridized carbons (Fsp3) is 0.600. The van der Waals surface area contributed by atoms with E-state index in [1.165, 1.54) is 6.07 Å². The van der Waals surface area contributed by atoms with Crippen LogP contribution >= 0.6 is 0 Å². The minimum atomic E-state index is -0.527. The van der Waals surface area contributed by atoms with Crippen LogP contribution in [0.15, 0.2) is 18.2 Å². The molecule has 1 unspecified atom stereocenters. The fourth-order valence-electron chi connectivity index (χ4n) is 2.77. The van der Waals surface area contributed by atoms with E-state index < -0.39 is 11.6 Å². The van der Waals surface area contributed by atoms with E-state index in [1.54, 1.807) is 6.07 Å². The summed E-state index contributed by atoms with van der Waals surface area (Å²) < 4.78 is 27.0. The molecule has 1 heterocycles. The Balaban J connectivity index is 2.31. The third kappa shape index (κ3) is 2.73. The predicted octanol–water partition coefficient (Wildman–Crippen LogP) is 3.32. The number of halogens is 2. The van der Waals surface area contributed by atoms with Crippen molar-refractivity contribution in [1.82, 2.24) is 5.32 Å². The molecule has 1 aliphatic rings. The van der Waals surface area contributed by atoms with Gasteiger partial charge < -0.3 is 10.2 Å². The van der Waals surface area contributed by atoms with Crippen molar-refractivity contribution in [1.29, 1.82) is 0 Å². The largest absolute Gasteiger partial charge is 0.363 e. The molecule has 0 radical (unpaired) electrons. The molecule has 1 atom stereocenters. The zero-order valence-corrected chi connectivity index (χ0v) is 11.8. The quantitative estimate of drug-likeness (QED) is 0.904. The first-order chi connectivity index (χ1) is 9.01. The Morgan fingerprint density at radius 1 is 1.32 bits per heavy atom. The number of nitrogens with one attached hydrogen (secondary N) is 1. The molecule has 4 heteroatoms. The second kappa shape index (κ2) is 5.45. The van der Waals surface area contributed by atoms with Gasteiger partial charge in [0.1, 0.15) is 11.6 Å². The van der Waals surface area contributed by atoms with Crippen molar-refractivity contribution < 1.29 is 8.78 Å². The average molecular weight is 268 g/mol. The monoisotopic (exact) mass is 268 g/mol. The van der Waals surface area contributed by atoms with Crippen LogP contribution in [0.3, 0.4) is 0 Å². The van der Waals surface area contributed by atoms with Crippen LogP contribution in [0.2, 0.25) is 0 Å². The highest BCUT2D eigenvalue weighted by atomic mass is 19.1. The van der Waals surface area contributed by atoms with Gasteiger partial charge in [0.15, 0.2) is 0 Å². The molecule has 1 aromatic carbocycles. The standard InChI is InChI=1S/C15H22F2N2/c1-4-15(5-2)10-19(11(3)9-18-15)14-7-6-12(16)8-13(14)17/h6-8,11,18H,4-5,9-10H2,1-3H3. The van der Waals surface area contributed by atoms with E-state index in [9.17, 15) is 8.78 Å². The SMILES string of the molecule is CCC1(CC)CN(c2ccc(F)cc2F)C(C)CN1. The van der Waals surface area contributed by atoms with Crippen LogP contribution in [0.4, 0.5) is 14.5 Å². The summed E-state index contributed by atoms with van der Waals surface area (Å²) in [5, 5.41) is 3.57. The van der Waals surface area contributed by atoms with Gasteiger partial charge >= 0.3 is 0 Å². The number of nitrogens with zero attached hydrogens (tertiary/aromatic N) is 1. The Kier molecular flexibility index (Phi) is 4.09. The first-order valence-corrected chi connectivity index (χ1v) is 6.98. The fourth-order valence-corrected chi connectivity index (χ4v) is 2.77. The van der Waals surface area contributed by atoms with Gasteiger partial charge in [-0.2, -0.15) is 0 Å². The number of anilines is 1. The van der Waals surface area contributed by atoms with Gasteiger partial charge in [0.2, 0.25) is 0 Å². The van der Waals surface area contributed by atoms with E-state index in [0.29, 0.717) is 5.69 Å². The molecule has 19 heavy (non-hydrogen) atoms. The van der Waals surface area contributed by atoms with Crippen molar-refractivity contribution in [2.24, 2.45) is 0 Å². The first kappa shape index (κ1) is 14.3. The molecule has 0 saturated carbocycles. The molecule has 0 spiro atoms. The number of rotatable bonds is 3. The summed E-state index contributed by atoms with van der Waals surface area (Å²) in [5.74, 6) is -1.00. The molecule has 0 bridgehead atoms. The second-order valence-electron chi connectivity index (χ2n) is 5.44. The van der Waals surface area contributed by atoms with Gasteiger partial charge in [0.25, 0.3) is 0 Å². The molecule has 0 aromatic heterocycles. The van der Waals surface area contributed by atoms with E-state index >= 15 is 0 Å². The second-order valence-corrected chi connectivity index (χ2v) is 5.44. The smallest absolute Gasteiger partial charge is 0.149 e. The summed E-state index contributed by atoms with van der Waals surface area (Å²) in [6, 6.07) is 4.03. The molecule has 2 nitrogen and oxygen atoms in total. The molecule has 2 rings (SSSR count). The normalized spacial score (nSPS) is 22.6. The van der Waals surface area contributed by atoms with Gasteiger partial charge in [-0.05, 0) is 31.9 Å². The summed E-state index contributed by atoms with van der Waals surface area (Å²) in [4.78, 5) is 2.05. The van der Waals surface area contributed by atoms with Crippen LogP contribution in [-0.4, -0.2) is 24.7 Å². The van der Waals surface area contributed by atoms with Gasteiger partial charge in [-0.15, -0.1) is 0 Å². The lowest BCUT2D eigenvalue weighted by molar-refractivity contribution is 0.252. The molecule has 1 aromatic rings. The van der Waals surface area contributed by atoms with Crippen molar-refractivity contribution in [3.05, 3.63) is 29.8 Å². The Labute approximate surface area is 113 Å². The third-order valence-electron chi connectivity index (χ3n) is 4.35. The van der Waals surface area contributed by atoms with Crippen LogP contribution in [0.5, 0.6) is 0 Å². The van der Waals surface area contributed by atoms with Gasteiger partial charge in [0, 0.05) is 30.7 Å². The Bertz CT molecular complexity index is 444. The molecule has 1 fully saturated rings. The maximum atomic E-state index is 14.0. The summed E-state index contributed by atoms with van der Waals surface area (Å²) in [6.45, 7) is 7.92. The topological polar surface area (TPSA) is 15.3 Å². The average Bonchev–Trinajstić information content (AvgIpc) is 2.41. The third-order valence-corrected chi connectivity index (χ3v) is 4.35. The number of hydrogen-bond acceptors (Lipinski definition) is 2. The van der Waals surface area contributed by atoms with Gasteiger partial charge in [0.05, 0.1) is 5.69 Å². The van der Waals surface area contributed by atoms with Gasteiger partial charge in [-0.25, -0.2) is 8.78 Å². The lowest BCUT2D eigenvalue weighted by atomic mass is 9.88. The molecule has 1 saturated heterocycles. The Morgan fingerprint density at radius 2 is 2.00 bits per heavy atom. The number of hydrogen-bond donors (Lipinski definition) is 1. The maximum Gasteiger partial charge on any atom is 0.149 e. The van der Waals surface area contributed by atoms with Crippen LogP contribution in [0, 0.1) is 11.6 Å². The van der Waals surface area contributed by atoms with Crippen LogP contribution < -0.4 is 10.2 Å². The highest BCUT2D eigenvalue weighted by Gasteiger charge is 2.35. The zero-order chi connectivity index (χ0) is 14.0. The van der Waals surface area contributed by atoms with Crippen molar-refractivity contribution in [2.45, 2.75) is 45.2 Å². The van der Waals surface area contributed by atoms with Crippen molar-refractivity contribution in [3.63, 3.8) is 0 Å². The van der Waals surface area contributed by atoms with Crippen molar-refractivity contribution in [2.75, 3.05) is 18.0 Å². The minimum Gasteiger partial charge on any atom is -0.363 e. The summed E-state index contributed by atoms with van der Waals surface area (Å²) in [6.07, 6.45) is 1.99. The highest BCUT2D eigenvalue weighted by molar-refractivity contribution is 5.50. The number of benzene rings is 1. The lowest BCUT2D eigenvalue weighted by Gasteiger charge is -2.47. The highest BCUT2D eigenvalue weighted by Crippen LogP contribution is 2.29. The van der Waals surface area contributed by atoms with E-state index in [1.807, 2.05) is 0 Å².